The number of halogens is 2. The summed E-state index contributed by atoms with van der Waals surface area (Å²) in [6.45, 7) is 7.89. The van der Waals surface area contributed by atoms with E-state index in [2.05, 4.69) is 0 Å². The fraction of sp³-hybridized carbons (Fsp3) is 0.444. The van der Waals surface area contributed by atoms with E-state index in [1.54, 1.807) is 29.3 Å². The van der Waals surface area contributed by atoms with E-state index in [9.17, 15) is 9.59 Å². The minimum atomic E-state index is -0.503. The molecule has 1 aromatic rings. The Hall–Kier alpha value is -1.72. The molecule has 1 aliphatic rings. The van der Waals surface area contributed by atoms with Gasteiger partial charge in [0, 0.05) is 44.0 Å². The molecule has 0 bridgehead atoms. The molecule has 25 heavy (non-hydrogen) atoms. The second-order valence-electron chi connectivity index (χ2n) is 6.78. The summed E-state index contributed by atoms with van der Waals surface area (Å²) in [6, 6.07) is 4.97. The zero-order chi connectivity index (χ0) is 18.6. The third kappa shape index (κ3) is 5.65. The number of rotatable bonds is 3. The molecule has 1 aromatic carbocycles. The van der Waals surface area contributed by atoms with Gasteiger partial charge in [-0.3, -0.25) is 4.79 Å². The Morgan fingerprint density at radius 2 is 1.76 bits per heavy atom. The van der Waals surface area contributed by atoms with E-state index in [0.29, 0.717) is 36.8 Å². The maximum Gasteiger partial charge on any atom is 0.410 e. The van der Waals surface area contributed by atoms with Gasteiger partial charge in [0.1, 0.15) is 5.60 Å². The average molecular weight is 385 g/mol. The van der Waals surface area contributed by atoms with Crippen LogP contribution in [0.2, 0.25) is 10.0 Å². The smallest absolute Gasteiger partial charge is 0.410 e. The minimum absolute atomic E-state index is 0.206. The molecule has 1 amide bonds. The van der Waals surface area contributed by atoms with E-state index in [1.165, 1.54) is 6.08 Å². The summed E-state index contributed by atoms with van der Waals surface area (Å²) < 4.78 is 5.36. The predicted octanol–water partition coefficient (Wildman–Crippen LogP) is 4.24. The molecule has 1 aliphatic heterocycles. The molecule has 0 N–H and O–H groups in total. The van der Waals surface area contributed by atoms with E-state index >= 15 is 0 Å². The van der Waals surface area contributed by atoms with Gasteiger partial charge in [0.2, 0.25) is 0 Å². The monoisotopic (exact) mass is 384 g/mol. The van der Waals surface area contributed by atoms with Crippen LogP contribution in [0.1, 0.15) is 31.1 Å². The van der Waals surface area contributed by atoms with Gasteiger partial charge < -0.3 is 14.5 Å². The van der Waals surface area contributed by atoms with Crippen molar-refractivity contribution >= 4 is 35.1 Å². The maximum absolute atomic E-state index is 12.2. The first-order chi connectivity index (χ1) is 11.7. The summed E-state index contributed by atoms with van der Waals surface area (Å²) in [5.74, 6) is -0.206. The lowest BCUT2D eigenvalue weighted by Crippen LogP contribution is -2.48. The Morgan fingerprint density at radius 3 is 2.36 bits per heavy atom. The highest BCUT2D eigenvalue weighted by Gasteiger charge is 2.25. The molecule has 5 nitrogen and oxygen atoms in total. The molecule has 136 valence electrons. The number of ketones is 1. The van der Waals surface area contributed by atoms with E-state index in [-0.39, 0.29) is 16.9 Å². The highest BCUT2D eigenvalue weighted by molar-refractivity contribution is 6.44. The summed E-state index contributed by atoms with van der Waals surface area (Å²) in [4.78, 5) is 27.9. The number of hydrogen-bond acceptors (Lipinski definition) is 4. The normalized spacial score (nSPS) is 15.6. The van der Waals surface area contributed by atoms with Gasteiger partial charge in [-0.15, -0.1) is 0 Å². The van der Waals surface area contributed by atoms with E-state index < -0.39 is 5.60 Å². The molecule has 0 radical (unpaired) electrons. The second kappa shape index (κ2) is 8.11. The van der Waals surface area contributed by atoms with Crippen molar-refractivity contribution in [1.29, 1.82) is 0 Å². The van der Waals surface area contributed by atoms with Crippen LogP contribution in [-0.2, 0) is 4.74 Å². The number of allylic oxidation sites excluding steroid dienone is 1. The number of amides is 1. The molecule has 2 rings (SSSR count). The maximum atomic E-state index is 12.2. The van der Waals surface area contributed by atoms with Crippen LogP contribution in [0.15, 0.2) is 30.5 Å². The molecule has 1 fully saturated rings. The first-order valence-electron chi connectivity index (χ1n) is 8.06. The summed E-state index contributed by atoms with van der Waals surface area (Å²) in [5, 5.41) is 0.612. The number of piperazine rings is 1. The number of carbonyl (C=O) groups excluding carboxylic acids is 2. The van der Waals surface area contributed by atoms with Gasteiger partial charge in [0.05, 0.1) is 10.0 Å². The predicted molar refractivity (Wildman–Crippen MR) is 99.3 cm³/mol. The number of ether oxygens (including phenoxy) is 1. The van der Waals surface area contributed by atoms with Crippen molar-refractivity contribution in [2.75, 3.05) is 26.2 Å². The van der Waals surface area contributed by atoms with Crippen molar-refractivity contribution in [3.63, 3.8) is 0 Å². The Labute approximate surface area is 158 Å². The van der Waals surface area contributed by atoms with Crippen LogP contribution in [-0.4, -0.2) is 53.5 Å². The third-order valence-corrected chi connectivity index (χ3v) is 4.44. The van der Waals surface area contributed by atoms with Crippen LogP contribution >= 0.6 is 23.2 Å². The van der Waals surface area contributed by atoms with Crippen LogP contribution in [0.3, 0.4) is 0 Å². The Kier molecular flexibility index (Phi) is 6.36. The van der Waals surface area contributed by atoms with Crippen LogP contribution in [0.5, 0.6) is 0 Å². The zero-order valence-corrected chi connectivity index (χ0v) is 16.1. The molecule has 7 heteroatoms. The van der Waals surface area contributed by atoms with Gasteiger partial charge in [-0.1, -0.05) is 29.3 Å². The first-order valence-corrected chi connectivity index (χ1v) is 8.81. The van der Waals surface area contributed by atoms with Crippen LogP contribution in [0, 0.1) is 0 Å². The van der Waals surface area contributed by atoms with Crippen molar-refractivity contribution in [1.82, 2.24) is 9.80 Å². The first kappa shape index (κ1) is 19.6. The quantitative estimate of drug-likeness (QED) is 0.577. The van der Waals surface area contributed by atoms with Crippen molar-refractivity contribution in [2.45, 2.75) is 26.4 Å². The lowest BCUT2D eigenvalue weighted by Gasteiger charge is -2.35. The summed E-state index contributed by atoms with van der Waals surface area (Å²) in [6.07, 6.45) is 2.89. The molecule has 0 aromatic heterocycles. The van der Waals surface area contributed by atoms with Gasteiger partial charge >= 0.3 is 6.09 Å². The molecular weight excluding hydrogens is 363 g/mol. The molecular formula is C18H22Cl2N2O3. The van der Waals surface area contributed by atoms with Gasteiger partial charge in [0.25, 0.3) is 0 Å². The summed E-state index contributed by atoms with van der Waals surface area (Å²) in [7, 11) is 0. The van der Waals surface area contributed by atoms with Crippen molar-refractivity contribution in [3.8, 4) is 0 Å². The van der Waals surface area contributed by atoms with E-state index in [1.807, 2.05) is 25.7 Å². The molecule has 0 atom stereocenters. The van der Waals surface area contributed by atoms with Crippen molar-refractivity contribution in [3.05, 3.63) is 46.1 Å². The molecule has 1 heterocycles. The highest BCUT2D eigenvalue weighted by Crippen LogP contribution is 2.26. The standard InChI is InChI=1S/C18H22Cl2N2O3/c1-18(2,3)25-17(24)22-11-9-21(10-12-22)8-7-15(23)13-5-4-6-14(19)16(13)20/h4-8H,9-12H2,1-3H3. The van der Waals surface area contributed by atoms with E-state index in [4.69, 9.17) is 27.9 Å². The number of nitrogens with zero attached hydrogens (tertiary/aromatic N) is 2. The highest BCUT2D eigenvalue weighted by atomic mass is 35.5. The molecule has 0 unspecified atom stereocenters. The topological polar surface area (TPSA) is 49.9 Å². The number of benzene rings is 1. The lowest BCUT2D eigenvalue weighted by atomic mass is 10.1. The second-order valence-corrected chi connectivity index (χ2v) is 7.57. The largest absolute Gasteiger partial charge is 0.444 e. The zero-order valence-electron chi connectivity index (χ0n) is 14.6. The minimum Gasteiger partial charge on any atom is -0.444 e. The average Bonchev–Trinajstić information content (AvgIpc) is 2.54. The van der Waals surface area contributed by atoms with Gasteiger partial charge in [0.15, 0.2) is 5.78 Å². The third-order valence-electron chi connectivity index (χ3n) is 3.62. The summed E-state index contributed by atoms with van der Waals surface area (Å²) >= 11 is 12.0. The Bertz CT molecular complexity index is 675. The Balaban J connectivity index is 1.89. The molecule has 0 aliphatic carbocycles. The molecule has 1 saturated heterocycles. The lowest BCUT2D eigenvalue weighted by molar-refractivity contribution is 0.0176. The fourth-order valence-electron chi connectivity index (χ4n) is 2.34. The van der Waals surface area contributed by atoms with Crippen LogP contribution in [0.4, 0.5) is 4.79 Å². The SMILES string of the molecule is CC(C)(C)OC(=O)N1CCN(C=CC(=O)c2cccc(Cl)c2Cl)CC1. The van der Waals surface area contributed by atoms with Crippen LogP contribution < -0.4 is 0 Å². The Morgan fingerprint density at radius 1 is 1.12 bits per heavy atom. The summed E-state index contributed by atoms with van der Waals surface area (Å²) in [5.41, 5.74) is -0.130. The number of carbonyl (C=O) groups is 2. The van der Waals surface area contributed by atoms with Gasteiger partial charge in [-0.05, 0) is 32.9 Å². The van der Waals surface area contributed by atoms with Crippen molar-refractivity contribution in [2.24, 2.45) is 0 Å². The fourth-order valence-corrected chi connectivity index (χ4v) is 2.73. The van der Waals surface area contributed by atoms with Crippen molar-refractivity contribution < 1.29 is 14.3 Å². The van der Waals surface area contributed by atoms with Gasteiger partial charge in [-0.25, -0.2) is 4.79 Å². The molecule has 0 spiro atoms. The molecule has 0 saturated carbocycles. The van der Waals surface area contributed by atoms with Gasteiger partial charge in [-0.2, -0.15) is 0 Å². The van der Waals surface area contributed by atoms with Crippen LogP contribution in [0.25, 0.3) is 0 Å². The van der Waals surface area contributed by atoms with E-state index in [0.717, 1.165) is 0 Å². The number of hydrogen-bond donors (Lipinski definition) is 0.